The molecule has 3 heterocycles. The van der Waals surface area contributed by atoms with E-state index in [0.29, 0.717) is 22.6 Å². The highest BCUT2D eigenvalue weighted by Crippen LogP contribution is 2.45. The number of para-hydroxylation sites is 1. The molecule has 2 aromatic carbocycles. The lowest BCUT2D eigenvalue weighted by atomic mass is 10.0. The fraction of sp³-hybridized carbons (Fsp3) is 0.192. The first-order valence-corrected chi connectivity index (χ1v) is 11.8. The molecule has 5 rings (SSSR count). The van der Waals surface area contributed by atoms with Crippen LogP contribution in [0.1, 0.15) is 38.3 Å². The van der Waals surface area contributed by atoms with E-state index in [2.05, 4.69) is 5.16 Å². The van der Waals surface area contributed by atoms with Crippen molar-refractivity contribution in [1.29, 1.82) is 0 Å². The first-order chi connectivity index (χ1) is 16.8. The molecule has 1 amide bonds. The number of rotatable bonds is 4. The molecule has 1 atom stereocenters. The van der Waals surface area contributed by atoms with Crippen molar-refractivity contribution in [2.75, 3.05) is 7.05 Å². The molecule has 1 unspecified atom stereocenters. The summed E-state index contributed by atoms with van der Waals surface area (Å²) in [5, 5.41) is 3.35. The van der Waals surface area contributed by atoms with E-state index in [1.54, 1.807) is 20.0 Å². The average molecular weight is 494 g/mol. The van der Waals surface area contributed by atoms with Crippen LogP contribution in [-0.4, -0.2) is 27.6 Å². The lowest BCUT2D eigenvalue weighted by Crippen LogP contribution is -2.34. The summed E-state index contributed by atoms with van der Waals surface area (Å²) in [5.41, 5.74) is 2.41. The van der Waals surface area contributed by atoms with Crippen molar-refractivity contribution >= 4 is 17.7 Å². The molecule has 2 aromatic heterocycles. The normalized spacial score (nSPS) is 14.7. The summed E-state index contributed by atoms with van der Waals surface area (Å²) in [7, 11) is 1.59. The van der Waals surface area contributed by atoms with E-state index in [9.17, 15) is 18.4 Å². The second kappa shape index (κ2) is 9.14. The van der Waals surface area contributed by atoms with Crippen molar-refractivity contribution < 1.29 is 18.1 Å². The molecule has 0 fully saturated rings. The van der Waals surface area contributed by atoms with Crippen molar-refractivity contribution in [3.8, 4) is 5.69 Å². The third-order valence-corrected chi connectivity index (χ3v) is 7.32. The zero-order valence-corrected chi connectivity index (χ0v) is 19.8. The van der Waals surface area contributed by atoms with Gasteiger partial charge in [0.2, 0.25) is 0 Å². The largest absolute Gasteiger partial charge is 0.364 e. The number of aryl methyl sites for hydroxylation is 1. The minimum atomic E-state index is -0.667. The average Bonchev–Trinajstić information content (AvgIpc) is 3.25. The van der Waals surface area contributed by atoms with E-state index in [4.69, 9.17) is 4.52 Å². The summed E-state index contributed by atoms with van der Waals surface area (Å²) in [6.45, 7) is 1.96. The molecule has 1 aliphatic rings. The number of benzene rings is 2. The van der Waals surface area contributed by atoms with Crippen molar-refractivity contribution in [2.45, 2.75) is 30.0 Å². The van der Waals surface area contributed by atoms with Crippen molar-refractivity contribution in [1.82, 2.24) is 14.6 Å². The van der Waals surface area contributed by atoms with Gasteiger partial charge in [0.25, 0.3) is 5.91 Å². The highest BCUT2D eigenvalue weighted by atomic mass is 32.2. The molecule has 0 bridgehead atoms. The van der Waals surface area contributed by atoms with Crippen LogP contribution in [0.3, 0.4) is 0 Å². The number of fused-ring (bicyclic) bond motifs is 3. The second-order valence-corrected chi connectivity index (χ2v) is 9.65. The third-order valence-electron chi connectivity index (χ3n) is 6.01. The van der Waals surface area contributed by atoms with Crippen LogP contribution in [0.4, 0.5) is 8.78 Å². The van der Waals surface area contributed by atoms with Gasteiger partial charge in [-0.2, -0.15) is 0 Å². The van der Waals surface area contributed by atoms with E-state index in [1.807, 2.05) is 28.8 Å². The first-order valence-electron chi connectivity index (χ1n) is 10.9. The number of hydrogen-bond donors (Lipinski definition) is 0. The molecule has 1 aliphatic heterocycles. The van der Waals surface area contributed by atoms with Gasteiger partial charge >= 0.3 is 0 Å². The van der Waals surface area contributed by atoms with E-state index in [0.717, 1.165) is 16.6 Å². The molecule has 0 saturated carbocycles. The maximum Gasteiger partial charge on any atom is 0.259 e. The molecule has 0 spiro atoms. The number of amides is 1. The molecular formula is C26H21F2N3O3S. The predicted molar refractivity (Wildman–Crippen MR) is 128 cm³/mol. The van der Waals surface area contributed by atoms with Crippen molar-refractivity contribution in [2.24, 2.45) is 0 Å². The van der Waals surface area contributed by atoms with Crippen LogP contribution in [0, 0.1) is 18.6 Å². The van der Waals surface area contributed by atoms with Crippen molar-refractivity contribution in [3.05, 3.63) is 111 Å². The lowest BCUT2D eigenvalue weighted by molar-refractivity contribution is 0.0779. The van der Waals surface area contributed by atoms with Crippen LogP contribution in [0.15, 0.2) is 75.1 Å². The van der Waals surface area contributed by atoms with Gasteiger partial charge in [0, 0.05) is 58.8 Å². The zero-order valence-electron chi connectivity index (χ0n) is 19.0. The molecular weight excluding hydrogens is 472 g/mol. The standard InChI is InChI=1S/C26H21F2N3O3S/c1-15-11-22(32)25(26(33)30(2)14-17-9-10-34-29-17)21-13-24(18-8-7-16(27)12-19(18)28)35-23-6-4-3-5-20(23)31(15)21/h3-12,24H,13-14H2,1-2H3. The Kier molecular flexibility index (Phi) is 6.02. The summed E-state index contributed by atoms with van der Waals surface area (Å²) in [6.07, 6.45) is 1.61. The molecule has 178 valence electrons. The quantitative estimate of drug-likeness (QED) is 0.397. The molecule has 4 aromatic rings. The highest BCUT2D eigenvalue weighted by molar-refractivity contribution is 7.99. The van der Waals surface area contributed by atoms with E-state index in [1.165, 1.54) is 41.1 Å². The minimum Gasteiger partial charge on any atom is -0.364 e. The molecule has 0 saturated heterocycles. The van der Waals surface area contributed by atoms with Crippen LogP contribution in [0.25, 0.3) is 5.69 Å². The Hall–Kier alpha value is -3.72. The molecule has 0 radical (unpaired) electrons. The molecule has 9 heteroatoms. The number of aromatic nitrogens is 2. The molecule has 6 nitrogen and oxygen atoms in total. The molecule has 0 aliphatic carbocycles. The van der Waals surface area contributed by atoms with Gasteiger partial charge in [-0.1, -0.05) is 23.4 Å². The summed E-state index contributed by atoms with van der Waals surface area (Å²) < 4.78 is 35.2. The SMILES string of the molecule is Cc1cc(=O)c(C(=O)N(C)Cc2ccon2)c2n1-c1ccccc1SC(c1ccc(F)cc1F)C2. The second-order valence-electron chi connectivity index (χ2n) is 8.40. The smallest absolute Gasteiger partial charge is 0.259 e. The number of carbonyl (C=O) groups excluding carboxylic acids is 1. The molecule has 35 heavy (non-hydrogen) atoms. The summed E-state index contributed by atoms with van der Waals surface area (Å²) in [4.78, 5) is 29.1. The third kappa shape index (κ3) is 4.27. The van der Waals surface area contributed by atoms with Crippen LogP contribution < -0.4 is 5.43 Å². The fourth-order valence-electron chi connectivity index (χ4n) is 4.42. The monoisotopic (exact) mass is 493 g/mol. The van der Waals surface area contributed by atoms with E-state index < -0.39 is 28.2 Å². The van der Waals surface area contributed by atoms with E-state index in [-0.39, 0.29) is 18.5 Å². The summed E-state index contributed by atoms with van der Waals surface area (Å²) >= 11 is 1.42. The first kappa shape index (κ1) is 23.0. The van der Waals surface area contributed by atoms with Crippen molar-refractivity contribution in [3.63, 3.8) is 0 Å². The summed E-state index contributed by atoms with van der Waals surface area (Å²) in [6, 6.07) is 14.2. The fourth-order valence-corrected chi connectivity index (χ4v) is 5.73. The Bertz CT molecular complexity index is 1480. The highest BCUT2D eigenvalue weighted by Gasteiger charge is 2.31. The van der Waals surface area contributed by atoms with Crippen LogP contribution in [0.5, 0.6) is 0 Å². The number of thioether (sulfide) groups is 1. The van der Waals surface area contributed by atoms with Gasteiger partial charge in [0.05, 0.1) is 12.2 Å². The topological polar surface area (TPSA) is 68.3 Å². The Balaban J connectivity index is 1.69. The Labute approximate surface area is 204 Å². The van der Waals surface area contributed by atoms with Gasteiger partial charge in [-0.3, -0.25) is 9.59 Å². The van der Waals surface area contributed by atoms with Gasteiger partial charge in [-0.25, -0.2) is 8.78 Å². The van der Waals surface area contributed by atoms with Gasteiger partial charge < -0.3 is 14.0 Å². The van der Waals surface area contributed by atoms with Gasteiger partial charge in [0.1, 0.15) is 29.2 Å². The number of halogens is 2. The lowest BCUT2D eigenvalue weighted by Gasteiger charge is -2.23. The summed E-state index contributed by atoms with van der Waals surface area (Å²) in [5.74, 6) is -1.80. The minimum absolute atomic E-state index is 0.0198. The predicted octanol–water partition coefficient (Wildman–Crippen LogP) is 5.07. The number of nitrogens with zero attached hydrogens (tertiary/aromatic N) is 3. The number of hydrogen-bond acceptors (Lipinski definition) is 5. The number of pyridine rings is 1. The Morgan fingerprint density at radius 3 is 2.74 bits per heavy atom. The van der Waals surface area contributed by atoms with E-state index >= 15 is 0 Å². The number of carbonyl (C=O) groups is 1. The Morgan fingerprint density at radius 2 is 2.00 bits per heavy atom. The van der Waals surface area contributed by atoms with Crippen LogP contribution in [-0.2, 0) is 13.0 Å². The van der Waals surface area contributed by atoms with Gasteiger partial charge in [0.15, 0.2) is 5.43 Å². The Morgan fingerprint density at radius 1 is 1.20 bits per heavy atom. The molecule has 0 N–H and O–H groups in total. The maximum absolute atomic E-state index is 14.9. The maximum atomic E-state index is 14.9. The van der Waals surface area contributed by atoms with Crippen LogP contribution in [0.2, 0.25) is 0 Å². The van der Waals surface area contributed by atoms with Gasteiger partial charge in [-0.05, 0) is 25.1 Å². The zero-order chi connectivity index (χ0) is 24.7. The van der Waals surface area contributed by atoms with Crippen LogP contribution >= 0.6 is 11.8 Å². The van der Waals surface area contributed by atoms with Gasteiger partial charge in [-0.15, -0.1) is 11.8 Å².